The number of aromatic amines is 1. The Morgan fingerprint density at radius 2 is 1.90 bits per heavy atom. The highest BCUT2D eigenvalue weighted by Gasteiger charge is 2.35. The molecule has 0 radical (unpaired) electrons. The zero-order valence-corrected chi connectivity index (χ0v) is 15.8. The van der Waals surface area contributed by atoms with Crippen molar-refractivity contribution in [2.24, 2.45) is 0 Å². The van der Waals surface area contributed by atoms with Gasteiger partial charge in [0.05, 0.1) is 16.6 Å². The zero-order chi connectivity index (χ0) is 20.0. The van der Waals surface area contributed by atoms with Crippen molar-refractivity contribution in [2.75, 3.05) is 13.1 Å². The smallest absolute Gasteiger partial charge is 0.272 e. The molecule has 2 fully saturated rings. The fourth-order valence-electron chi connectivity index (χ4n) is 3.85. The van der Waals surface area contributed by atoms with E-state index in [9.17, 15) is 14.0 Å². The molecule has 0 spiro atoms. The van der Waals surface area contributed by atoms with Gasteiger partial charge in [-0.25, -0.2) is 9.49 Å². The molecule has 2 heterocycles. The van der Waals surface area contributed by atoms with Crippen LogP contribution in [0, 0.1) is 5.82 Å². The minimum Gasteiger partial charge on any atom is -0.335 e. The number of nitrogens with zero attached hydrogens (tertiary/aromatic N) is 2. The van der Waals surface area contributed by atoms with E-state index in [4.69, 9.17) is 0 Å². The van der Waals surface area contributed by atoms with Crippen LogP contribution in [-0.2, 0) is 6.42 Å². The number of fused-ring (bicyclic) bond motifs is 1. The first kappa shape index (κ1) is 18.0. The maximum Gasteiger partial charge on any atom is 0.272 e. The Kier molecular flexibility index (Phi) is 4.39. The molecule has 1 amide bonds. The van der Waals surface area contributed by atoms with Gasteiger partial charge in [-0.05, 0) is 36.6 Å². The molecule has 1 aliphatic heterocycles. The van der Waals surface area contributed by atoms with Crippen LogP contribution in [0.25, 0.3) is 10.8 Å². The molecule has 7 heteroatoms. The van der Waals surface area contributed by atoms with Gasteiger partial charge in [0.1, 0.15) is 5.82 Å². The summed E-state index contributed by atoms with van der Waals surface area (Å²) in [6, 6.07) is 12.7. The highest BCUT2D eigenvalue weighted by molar-refractivity contribution is 5.95. The van der Waals surface area contributed by atoms with Crippen LogP contribution >= 0.6 is 0 Å². The Labute approximate surface area is 166 Å². The van der Waals surface area contributed by atoms with E-state index in [0.717, 1.165) is 10.9 Å². The number of benzene rings is 2. The lowest BCUT2D eigenvalue weighted by Crippen LogP contribution is -2.60. The lowest BCUT2D eigenvalue weighted by atomic mass is 10.0. The molecular formula is C22H21FN4O2. The number of hydrogen-bond acceptors (Lipinski definition) is 4. The van der Waals surface area contributed by atoms with Crippen molar-refractivity contribution in [2.45, 2.75) is 31.3 Å². The minimum absolute atomic E-state index is 0.0844. The van der Waals surface area contributed by atoms with Gasteiger partial charge < -0.3 is 10.2 Å². The summed E-state index contributed by atoms with van der Waals surface area (Å²) in [5.41, 5.74) is 1.29. The van der Waals surface area contributed by atoms with E-state index < -0.39 is 5.82 Å². The zero-order valence-electron chi connectivity index (χ0n) is 15.8. The number of carbonyl (C=O) groups is 1. The number of rotatable bonds is 5. The highest BCUT2D eigenvalue weighted by atomic mass is 19.1. The second-order valence-electron chi connectivity index (χ2n) is 7.88. The average molecular weight is 392 g/mol. The third kappa shape index (κ3) is 3.53. The van der Waals surface area contributed by atoms with Gasteiger partial charge in [-0.1, -0.05) is 24.3 Å². The molecule has 29 heavy (non-hydrogen) atoms. The minimum atomic E-state index is -0.517. The number of halogens is 1. The predicted octanol–water partition coefficient (Wildman–Crippen LogP) is 2.23. The molecule has 148 valence electrons. The van der Waals surface area contributed by atoms with E-state index in [1.807, 2.05) is 12.1 Å². The second kappa shape index (κ2) is 7.08. The highest BCUT2D eigenvalue weighted by Crippen LogP contribution is 2.24. The third-order valence-electron chi connectivity index (χ3n) is 5.63. The molecule has 1 saturated heterocycles. The first-order chi connectivity index (χ1) is 14.1. The molecule has 2 N–H and O–H groups in total. The van der Waals surface area contributed by atoms with Crippen LogP contribution in [0.4, 0.5) is 4.39 Å². The number of likely N-dealkylation sites (tertiary alicyclic amines) is 1. The standard InChI is InChI=1S/C22H21FN4O2/c23-19-8-5-13(10-20-16-3-1-2-4-17(16)21(28)26-25-20)9-18(19)22(29)27-11-15(12-27)24-14-6-7-14/h1-5,8-9,14-15,24H,6-7,10-12H2,(H,26,28). The van der Waals surface area contributed by atoms with E-state index in [-0.39, 0.29) is 17.0 Å². The number of nitrogens with one attached hydrogen (secondary N) is 2. The van der Waals surface area contributed by atoms with Crippen LogP contribution in [0.3, 0.4) is 0 Å². The summed E-state index contributed by atoms with van der Waals surface area (Å²) in [5, 5.41) is 11.5. The number of hydrogen-bond donors (Lipinski definition) is 2. The van der Waals surface area contributed by atoms with Crippen LogP contribution in [0.5, 0.6) is 0 Å². The molecule has 2 aliphatic rings. The third-order valence-corrected chi connectivity index (χ3v) is 5.63. The fourth-order valence-corrected chi connectivity index (χ4v) is 3.85. The lowest BCUT2D eigenvalue weighted by Gasteiger charge is -2.40. The van der Waals surface area contributed by atoms with Crippen molar-refractivity contribution in [3.8, 4) is 0 Å². The number of amides is 1. The Bertz CT molecular complexity index is 1150. The van der Waals surface area contributed by atoms with Gasteiger partial charge in [-0.15, -0.1) is 0 Å². The molecule has 0 atom stereocenters. The van der Waals surface area contributed by atoms with Crippen molar-refractivity contribution in [3.05, 3.63) is 75.5 Å². The van der Waals surface area contributed by atoms with Gasteiger partial charge in [0.25, 0.3) is 11.5 Å². The summed E-state index contributed by atoms with van der Waals surface area (Å²) in [5.74, 6) is -0.797. The molecule has 2 aromatic carbocycles. The van der Waals surface area contributed by atoms with Crippen molar-refractivity contribution in [3.63, 3.8) is 0 Å². The van der Waals surface area contributed by atoms with Crippen molar-refractivity contribution < 1.29 is 9.18 Å². The van der Waals surface area contributed by atoms with Gasteiger partial charge in [-0.3, -0.25) is 9.59 Å². The molecule has 3 aromatic rings. The second-order valence-corrected chi connectivity index (χ2v) is 7.88. The van der Waals surface area contributed by atoms with Crippen LogP contribution in [0.2, 0.25) is 0 Å². The Balaban J connectivity index is 1.37. The number of carbonyl (C=O) groups excluding carboxylic acids is 1. The van der Waals surface area contributed by atoms with Crippen molar-refractivity contribution >= 4 is 16.7 Å². The van der Waals surface area contributed by atoms with Gasteiger partial charge in [-0.2, -0.15) is 5.10 Å². The molecule has 0 unspecified atom stereocenters. The van der Waals surface area contributed by atoms with Gasteiger partial charge in [0.2, 0.25) is 0 Å². The summed E-state index contributed by atoms with van der Waals surface area (Å²) in [6.45, 7) is 1.23. The molecule has 6 nitrogen and oxygen atoms in total. The monoisotopic (exact) mass is 392 g/mol. The number of aromatic nitrogens is 2. The molecule has 1 aliphatic carbocycles. The summed E-state index contributed by atoms with van der Waals surface area (Å²) < 4.78 is 14.4. The van der Waals surface area contributed by atoms with Crippen LogP contribution in [-0.4, -0.2) is 46.2 Å². The largest absolute Gasteiger partial charge is 0.335 e. The fraction of sp³-hybridized carbons (Fsp3) is 0.318. The molecule has 0 bridgehead atoms. The van der Waals surface area contributed by atoms with Crippen molar-refractivity contribution in [1.82, 2.24) is 20.4 Å². The molecule has 1 aromatic heterocycles. The van der Waals surface area contributed by atoms with Gasteiger partial charge in [0.15, 0.2) is 0 Å². The quantitative estimate of drug-likeness (QED) is 0.698. The molecular weight excluding hydrogens is 371 g/mol. The Hall–Kier alpha value is -3.06. The maximum atomic E-state index is 14.4. The van der Waals surface area contributed by atoms with Crippen molar-refractivity contribution in [1.29, 1.82) is 0 Å². The SMILES string of the molecule is O=C(c1cc(Cc2n[nH]c(=O)c3ccccc23)ccc1F)N1CC(NC2CC2)C1. The lowest BCUT2D eigenvalue weighted by molar-refractivity contribution is 0.0560. The first-order valence-corrected chi connectivity index (χ1v) is 9.88. The van der Waals surface area contributed by atoms with E-state index in [1.165, 1.54) is 18.9 Å². The van der Waals surface area contributed by atoms with E-state index in [0.29, 0.717) is 42.7 Å². The van der Waals surface area contributed by atoms with Crippen LogP contribution in [0.1, 0.15) is 34.5 Å². The Morgan fingerprint density at radius 3 is 2.66 bits per heavy atom. The van der Waals surface area contributed by atoms with Gasteiger partial charge in [0, 0.05) is 37.0 Å². The summed E-state index contributed by atoms with van der Waals surface area (Å²) in [7, 11) is 0. The van der Waals surface area contributed by atoms with Crippen LogP contribution < -0.4 is 10.9 Å². The molecule has 1 saturated carbocycles. The topological polar surface area (TPSA) is 78.1 Å². The van der Waals surface area contributed by atoms with E-state index in [1.54, 1.807) is 29.2 Å². The first-order valence-electron chi connectivity index (χ1n) is 9.88. The maximum absolute atomic E-state index is 14.4. The Morgan fingerprint density at radius 1 is 1.14 bits per heavy atom. The normalized spacial score (nSPS) is 16.8. The number of H-pyrrole nitrogens is 1. The average Bonchev–Trinajstić information content (AvgIpc) is 3.52. The van der Waals surface area contributed by atoms with E-state index >= 15 is 0 Å². The molecule has 5 rings (SSSR count). The summed E-state index contributed by atoms with van der Waals surface area (Å²) in [4.78, 5) is 26.4. The van der Waals surface area contributed by atoms with Crippen LogP contribution in [0.15, 0.2) is 47.3 Å². The van der Waals surface area contributed by atoms with E-state index in [2.05, 4.69) is 15.5 Å². The predicted molar refractivity (Wildman–Crippen MR) is 107 cm³/mol. The summed E-state index contributed by atoms with van der Waals surface area (Å²) in [6.07, 6.45) is 2.80. The summed E-state index contributed by atoms with van der Waals surface area (Å²) >= 11 is 0. The van der Waals surface area contributed by atoms with Gasteiger partial charge >= 0.3 is 0 Å².